The van der Waals surface area contributed by atoms with Gasteiger partial charge in [-0.25, -0.2) is 0 Å². The van der Waals surface area contributed by atoms with Gasteiger partial charge in [-0.2, -0.15) is 0 Å². The Kier molecular flexibility index (Phi) is 4.85. The number of fused-ring (bicyclic) bond motifs is 1. The van der Waals surface area contributed by atoms with Gasteiger partial charge in [0.15, 0.2) is 0 Å². The molecule has 0 aliphatic heterocycles. The van der Waals surface area contributed by atoms with E-state index in [0.717, 1.165) is 49.1 Å². The average molecular weight is 272 g/mol. The summed E-state index contributed by atoms with van der Waals surface area (Å²) in [5, 5.41) is 11.1. The number of aromatic amines is 1. The first-order valence-corrected chi connectivity index (χ1v) is 7.29. The maximum atomic E-state index is 10.1. The second-order valence-corrected chi connectivity index (χ2v) is 5.27. The predicted molar refractivity (Wildman–Crippen MR) is 85.3 cm³/mol. The lowest BCUT2D eigenvalue weighted by molar-refractivity contribution is 0.307. The van der Waals surface area contributed by atoms with Crippen LogP contribution in [0.25, 0.3) is 10.9 Å². The number of hydrogen-bond acceptors (Lipinski definition) is 2. The molecular weight excluding hydrogens is 248 g/mol. The van der Waals surface area contributed by atoms with E-state index in [1.807, 2.05) is 18.2 Å². The molecular formula is C17H24N2O. The molecule has 0 amide bonds. The topological polar surface area (TPSA) is 39.3 Å². The quantitative estimate of drug-likeness (QED) is 0.756. The highest BCUT2D eigenvalue weighted by molar-refractivity contribution is 5.90. The van der Waals surface area contributed by atoms with E-state index in [9.17, 15) is 5.11 Å². The van der Waals surface area contributed by atoms with Gasteiger partial charge in [0.1, 0.15) is 5.75 Å². The molecule has 1 aromatic carbocycles. The number of phenols is 1. The molecule has 0 bridgehead atoms. The summed E-state index contributed by atoms with van der Waals surface area (Å²) >= 11 is 0. The second kappa shape index (κ2) is 6.62. The summed E-state index contributed by atoms with van der Waals surface area (Å²) in [6.07, 6.45) is 4.04. The van der Waals surface area contributed by atoms with Crippen molar-refractivity contribution in [1.82, 2.24) is 9.88 Å². The number of aromatic hydroxyl groups is 1. The monoisotopic (exact) mass is 272 g/mol. The Labute approximate surface area is 120 Å². The minimum Gasteiger partial charge on any atom is -0.507 e. The molecule has 0 spiro atoms. The number of benzene rings is 1. The number of H-pyrrole nitrogens is 1. The molecule has 0 atom stereocenters. The van der Waals surface area contributed by atoms with E-state index < -0.39 is 0 Å². The van der Waals surface area contributed by atoms with Gasteiger partial charge in [0, 0.05) is 29.7 Å². The molecule has 0 saturated heterocycles. The summed E-state index contributed by atoms with van der Waals surface area (Å²) in [5.41, 5.74) is 3.39. The van der Waals surface area contributed by atoms with Crippen molar-refractivity contribution < 1.29 is 5.11 Å². The number of nitrogens with one attached hydrogen (secondary N) is 1. The Morgan fingerprint density at radius 3 is 2.85 bits per heavy atom. The summed E-state index contributed by atoms with van der Waals surface area (Å²) in [6, 6.07) is 5.64. The zero-order valence-corrected chi connectivity index (χ0v) is 12.4. The summed E-state index contributed by atoms with van der Waals surface area (Å²) in [5.74, 6) is 0.368. The molecule has 0 radical (unpaired) electrons. The largest absolute Gasteiger partial charge is 0.507 e. The molecule has 2 N–H and O–H groups in total. The normalized spacial score (nSPS) is 11.3. The molecule has 3 heteroatoms. The van der Waals surface area contributed by atoms with Crippen LogP contribution in [0.1, 0.15) is 24.6 Å². The average Bonchev–Trinajstić information content (AvgIpc) is 2.74. The Morgan fingerprint density at radius 1 is 1.35 bits per heavy atom. The molecule has 2 aromatic rings. The van der Waals surface area contributed by atoms with Gasteiger partial charge in [0.2, 0.25) is 0 Å². The molecule has 2 rings (SSSR count). The van der Waals surface area contributed by atoms with Crippen LogP contribution < -0.4 is 0 Å². The third-order valence-corrected chi connectivity index (χ3v) is 3.72. The molecule has 1 heterocycles. The third-order valence-electron chi connectivity index (χ3n) is 3.72. The number of nitrogens with zero attached hydrogens (tertiary/aromatic N) is 1. The van der Waals surface area contributed by atoms with Crippen LogP contribution >= 0.6 is 0 Å². The zero-order valence-electron chi connectivity index (χ0n) is 12.4. The SMILES string of the molecule is C=CCN(CCC)CCc1c(C)[nH]c2cccc(O)c12. The lowest BCUT2D eigenvalue weighted by Crippen LogP contribution is -2.27. The van der Waals surface area contributed by atoms with Crippen LogP contribution in [-0.4, -0.2) is 34.6 Å². The van der Waals surface area contributed by atoms with Crippen LogP contribution in [0.15, 0.2) is 30.9 Å². The van der Waals surface area contributed by atoms with Crippen molar-refractivity contribution >= 4 is 10.9 Å². The molecule has 0 saturated carbocycles. The van der Waals surface area contributed by atoms with Crippen molar-refractivity contribution in [1.29, 1.82) is 0 Å². The Morgan fingerprint density at radius 2 is 2.15 bits per heavy atom. The molecule has 0 aliphatic rings. The highest BCUT2D eigenvalue weighted by Crippen LogP contribution is 2.30. The maximum absolute atomic E-state index is 10.1. The standard InChI is InChI=1S/C17H24N2O/c1-4-10-19(11-5-2)12-9-14-13(3)18-15-7-6-8-16(20)17(14)15/h4,6-8,18,20H,1,5,9-12H2,2-3H3. The second-order valence-electron chi connectivity index (χ2n) is 5.27. The Hall–Kier alpha value is -1.74. The smallest absolute Gasteiger partial charge is 0.125 e. The minimum absolute atomic E-state index is 0.368. The van der Waals surface area contributed by atoms with Gasteiger partial charge in [-0.3, -0.25) is 4.90 Å². The Balaban J connectivity index is 2.20. The summed E-state index contributed by atoms with van der Waals surface area (Å²) in [7, 11) is 0. The molecule has 1 aromatic heterocycles. The first-order valence-electron chi connectivity index (χ1n) is 7.29. The fourth-order valence-corrected chi connectivity index (χ4v) is 2.80. The van der Waals surface area contributed by atoms with Crippen molar-refractivity contribution in [3.63, 3.8) is 0 Å². The number of rotatable bonds is 7. The maximum Gasteiger partial charge on any atom is 0.125 e. The van der Waals surface area contributed by atoms with E-state index in [-0.39, 0.29) is 0 Å². The van der Waals surface area contributed by atoms with Crippen molar-refractivity contribution in [2.45, 2.75) is 26.7 Å². The minimum atomic E-state index is 0.368. The van der Waals surface area contributed by atoms with Crippen molar-refractivity contribution in [3.05, 3.63) is 42.1 Å². The van der Waals surface area contributed by atoms with Crippen LogP contribution in [0.5, 0.6) is 5.75 Å². The molecule has 20 heavy (non-hydrogen) atoms. The van der Waals surface area contributed by atoms with Gasteiger partial charge in [-0.05, 0) is 44.0 Å². The van der Waals surface area contributed by atoms with Gasteiger partial charge in [0.25, 0.3) is 0 Å². The molecule has 0 fully saturated rings. The highest BCUT2D eigenvalue weighted by atomic mass is 16.3. The van der Waals surface area contributed by atoms with Crippen molar-refractivity contribution in [2.24, 2.45) is 0 Å². The molecule has 0 unspecified atom stereocenters. The van der Waals surface area contributed by atoms with Gasteiger partial charge in [0.05, 0.1) is 0 Å². The highest BCUT2D eigenvalue weighted by Gasteiger charge is 2.13. The summed E-state index contributed by atoms with van der Waals surface area (Å²) < 4.78 is 0. The molecule has 108 valence electrons. The summed E-state index contributed by atoms with van der Waals surface area (Å²) in [6.45, 7) is 11.1. The van der Waals surface area contributed by atoms with Gasteiger partial charge >= 0.3 is 0 Å². The van der Waals surface area contributed by atoms with Crippen LogP contribution in [0.4, 0.5) is 0 Å². The van der Waals surface area contributed by atoms with Crippen LogP contribution in [0.3, 0.4) is 0 Å². The van der Waals surface area contributed by atoms with E-state index in [1.165, 1.54) is 5.56 Å². The van der Waals surface area contributed by atoms with E-state index in [2.05, 4.69) is 30.3 Å². The molecule has 0 aliphatic carbocycles. The van der Waals surface area contributed by atoms with Crippen LogP contribution in [0, 0.1) is 6.92 Å². The lowest BCUT2D eigenvalue weighted by atomic mass is 10.1. The van der Waals surface area contributed by atoms with Crippen LogP contribution in [0.2, 0.25) is 0 Å². The van der Waals surface area contributed by atoms with E-state index in [0.29, 0.717) is 5.75 Å². The summed E-state index contributed by atoms with van der Waals surface area (Å²) in [4.78, 5) is 5.75. The van der Waals surface area contributed by atoms with Gasteiger partial charge in [-0.15, -0.1) is 6.58 Å². The predicted octanol–water partition coefficient (Wildman–Crippen LogP) is 3.62. The van der Waals surface area contributed by atoms with Crippen LogP contribution in [-0.2, 0) is 6.42 Å². The fourth-order valence-electron chi connectivity index (χ4n) is 2.80. The number of aromatic nitrogens is 1. The lowest BCUT2D eigenvalue weighted by Gasteiger charge is -2.19. The van der Waals surface area contributed by atoms with Crippen molar-refractivity contribution in [3.8, 4) is 5.75 Å². The van der Waals surface area contributed by atoms with Crippen molar-refractivity contribution in [2.75, 3.05) is 19.6 Å². The number of phenolic OH excluding ortho intramolecular Hbond substituents is 1. The first-order chi connectivity index (χ1) is 9.67. The first kappa shape index (κ1) is 14.7. The zero-order chi connectivity index (χ0) is 14.5. The van der Waals surface area contributed by atoms with Gasteiger partial charge < -0.3 is 10.1 Å². The van der Waals surface area contributed by atoms with E-state index in [1.54, 1.807) is 6.07 Å². The fraction of sp³-hybridized carbons (Fsp3) is 0.412. The third kappa shape index (κ3) is 3.05. The number of aryl methyl sites for hydroxylation is 1. The van der Waals surface area contributed by atoms with Gasteiger partial charge in [-0.1, -0.05) is 19.1 Å². The molecule has 3 nitrogen and oxygen atoms in total. The van der Waals surface area contributed by atoms with E-state index >= 15 is 0 Å². The van der Waals surface area contributed by atoms with E-state index in [4.69, 9.17) is 0 Å². The number of hydrogen-bond donors (Lipinski definition) is 2. The Bertz CT molecular complexity index is 586.